The molecule has 19 heavy (non-hydrogen) atoms. The van der Waals surface area contributed by atoms with Gasteiger partial charge in [0.05, 0.1) is 9.85 Å². The molecule has 0 N–H and O–H groups in total. The summed E-state index contributed by atoms with van der Waals surface area (Å²) in [6.45, 7) is 2.09. The molecule has 1 unspecified atom stereocenters. The van der Waals surface area contributed by atoms with Crippen LogP contribution in [0.2, 0.25) is 5.02 Å². The Hall–Kier alpha value is -0.380. The van der Waals surface area contributed by atoms with Crippen LogP contribution in [0, 0.1) is 5.82 Å². The molecular formula is C15H12Br2ClF. The summed E-state index contributed by atoms with van der Waals surface area (Å²) in [5.74, 6) is -0.274. The number of aryl methyl sites for hydroxylation is 1. The minimum Gasteiger partial charge on any atom is -0.207 e. The number of rotatable bonds is 3. The van der Waals surface area contributed by atoms with Crippen molar-refractivity contribution in [2.24, 2.45) is 0 Å². The Labute approximate surface area is 134 Å². The molecule has 0 fully saturated rings. The van der Waals surface area contributed by atoms with Crippen LogP contribution >= 0.6 is 43.5 Å². The Bertz CT molecular complexity index is 599. The van der Waals surface area contributed by atoms with Crippen molar-refractivity contribution in [1.82, 2.24) is 0 Å². The molecule has 0 radical (unpaired) electrons. The summed E-state index contributed by atoms with van der Waals surface area (Å²) < 4.78 is 14.7. The fourth-order valence-electron chi connectivity index (χ4n) is 2.00. The molecule has 0 bridgehead atoms. The number of halogens is 4. The molecule has 0 saturated carbocycles. The summed E-state index contributed by atoms with van der Waals surface area (Å²) in [6.07, 6.45) is 0.907. The van der Waals surface area contributed by atoms with Crippen molar-refractivity contribution in [1.29, 1.82) is 0 Å². The fourth-order valence-corrected chi connectivity index (χ4v) is 3.29. The topological polar surface area (TPSA) is 0 Å². The molecule has 100 valence electrons. The fraction of sp³-hybridized carbons (Fsp3) is 0.200. The van der Waals surface area contributed by atoms with Crippen molar-refractivity contribution in [2.75, 3.05) is 0 Å². The third kappa shape index (κ3) is 3.21. The van der Waals surface area contributed by atoms with E-state index in [0.717, 1.165) is 12.0 Å². The van der Waals surface area contributed by atoms with E-state index in [4.69, 9.17) is 11.6 Å². The summed E-state index contributed by atoms with van der Waals surface area (Å²) >= 11 is 12.9. The van der Waals surface area contributed by atoms with Gasteiger partial charge in [0.2, 0.25) is 0 Å². The second kappa shape index (κ2) is 6.38. The molecule has 0 saturated heterocycles. The Morgan fingerprint density at radius 1 is 1.21 bits per heavy atom. The van der Waals surface area contributed by atoms with Gasteiger partial charge in [0.15, 0.2) is 0 Å². The van der Waals surface area contributed by atoms with Crippen molar-refractivity contribution in [3.63, 3.8) is 0 Å². The Morgan fingerprint density at radius 2 is 1.89 bits per heavy atom. The number of hydrogen-bond acceptors (Lipinski definition) is 0. The molecule has 2 aromatic carbocycles. The Morgan fingerprint density at radius 3 is 2.58 bits per heavy atom. The average Bonchev–Trinajstić information content (AvgIpc) is 2.42. The van der Waals surface area contributed by atoms with Gasteiger partial charge in [-0.2, -0.15) is 0 Å². The van der Waals surface area contributed by atoms with Gasteiger partial charge in [-0.25, -0.2) is 4.39 Å². The SMILES string of the molecule is CCc1ccccc1C(Br)c1cc(Cl)c(Br)cc1F. The molecule has 2 aromatic rings. The summed E-state index contributed by atoms with van der Waals surface area (Å²) in [4.78, 5) is -0.200. The van der Waals surface area contributed by atoms with E-state index in [-0.39, 0.29) is 10.6 Å². The van der Waals surface area contributed by atoms with E-state index in [1.54, 1.807) is 6.07 Å². The lowest BCUT2D eigenvalue weighted by Gasteiger charge is -2.16. The first-order chi connectivity index (χ1) is 9.04. The lowest BCUT2D eigenvalue weighted by Crippen LogP contribution is -2.00. The normalized spacial score (nSPS) is 12.5. The third-order valence-electron chi connectivity index (χ3n) is 3.02. The van der Waals surface area contributed by atoms with Crippen LogP contribution in [0.4, 0.5) is 4.39 Å². The quantitative estimate of drug-likeness (QED) is 0.415. The van der Waals surface area contributed by atoms with Gasteiger partial charge < -0.3 is 0 Å². The lowest BCUT2D eigenvalue weighted by molar-refractivity contribution is 0.612. The highest BCUT2D eigenvalue weighted by molar-refractivity contribution is 9.10. The molecule has 0 aromatic heterocycles. The Kier molecular flexibility index (Phi) is 5.04. The molecule has 4 heteroatoms. The first-order valence-corrected chi connectivity index (χ1v) is 7.99. The molecule has 0 spiro atoms. The largest absolute Gasteiger partial charge is 0.207 e. The molecule has 0 aliphatic carbocycles. The first-order valence-electron chi connectivity index (χ1n) is 5.91. The minimum absolute atomic E-state index is 0.200. The van der Waals surface area contributed by atoms with Gasteiger partial charge in [-0.1, -0.05) is 58.7 Å². The zero-order valence-corrected chi connectivity index (χ0v) is 14.2. The zero-order chi connectivity index (χ0) is 14.0. The number of benzene rings is 2. The maximum Gasteiger partial charge on any atom is 0.129 e. The maximum absolute atomic E-state index is 14.1. The third-order valence-corrected chi connectivity index (χ3v) is 5.21. The van der Waals surface area contributed by atoms with Crippen LogP contribution in [0.1, 0.15) is 28.4 Å². The van der Waals surface area contributed by atoms with Crippen LogP contribution in [-0.2, 0) is 6.42 Å². The van der Waals surface area contributed by atoms with Gasteiger partial charge in [0.1, 0.15) is 5.82 Å². The van der Waals surface area contributed by atoms with Crippen LogP contribution in [-0.4, -0.2) is 0 Å². The van der Waals surface area contributed by atoms with Crippen molar-refractivity contribution in [3.8, 4) is 0 Å². The molecule has 0 heterocycles. The predicted octanol–water partition coefficient (Wildman–Crippen LogP) is 6.29. The molecule has 0 aliphatic heterocycles. The predicted molar refractivity (Wildman–Crippen MR) is 85.7 cm³/mol. The maximum atomic E-state index is 14.1. The van der Waals surface area contributed by atoms with Gasteiger partial charge in [0.25, 0.3) is 0 Å². The van der Waals surface area contributed by atoms with Crippen LogP contribution in [0.25, 0.3) is 0 Å². The second-order valence-electron chi connectivity index (χ2n) is 4.20. The van der Waals surface area contributed by atoms with Gasteiger partial charge in [-0.3, -0.25) is 0 Å². The average molecular weight is 407 g/mol. The highest BCUT2D eigenvalue weighted by Gasteiger charge is 2.18. The molecule has 0 amide bonds. The standard InChI is InChI=1S/C15H12Br2ClF/c1-2-9-5-3-4-6-10(9)15(17)11-7-13(18)12(16)8-14(11)19/h3-8,15H,2H2,1H3. The van der Waals surface area contributed by atoms with Gasteiger partial charge in [-0.05, 0) is 45.6 Å². The highest BCUT2D eigenvalue weighted by atomic mass is 79.9. The summed E-state index contributed by atoms with van der Waals surface area (Å²) in [6, 6.07) is 11.1. The van der Waals surface area contributed by atoms with Gasteiger partial charge in [-0.15, -0.1) is 0 Å². The van der Waals surface area contributed by atoms with Gasteiger partial charge in [0, 0.05) is 10.0 Å². The number of alkyl halides is 1. The minimum atomic E-state index is -0.274. The van der Waals surface area contributed by atoms with Crippen LogP contribution in [0.5, 0.6) is 0 Å². The monoisotopic (exact) mass is 404 g/mol. The molecular weight excluding hydrogens is 394 g/mol. The van der Waals surface area contributed by atoms with Crippen molar-refractivity contribution >= 4 is 43.5 Å². The summed E-state index contributed by atoms with van der Waals surface area (Å²) in [7, 11) is 0. The van der Waals surface area contributed by atoms with Crippen LogP contribution in [0.15, 0.2) is 40.9 Å². The molecule has 0 nitrogen and oxygen atoms in total. The second-order valence-corrected chi connectivity index (χ2v) is 6.38. The lowest BCUT2D eigenvalue weighted by atomic mass is 9.98. The first kappa shape index (κ1) is 15.0. The smallest absolute Gasteiger partial charge is 0.129 e. The van der Waals surface area contributed by atoms with Crippen LogP contribution < -0.4 is 0 Å². The zero-order valence-electron chi connectivity index (χ0n) is 10.3. The molecule has 1 atom stereocenters. The van der Waals surface area contributed by atoms with Crippen molar-refractivity contribution < 1.29 is 4.39 Å². The summed E-state index contributed by atoms with van der Waals surface area (Å²) in [5.41, 5.74) is 2.82. The van der Waals surface area contributed by atoms with E-state index < -0.39 is 0 Å². The Balaban J connectivity index is 2.50. The van der Waals surface area contributed by atoms with E-state index in [9.17, 15) is 4.39 Å². The molecule has 2 rings (SSSR count). The van der Waals surface area contributed by atoms with Crippen molar-refractivity contribution in [2.45, 2.75) is 18.2 Å². The van der Waals surface area contributed by atoms with Gasteiger partial charge >= 0.3 is 0 Å². The van der Waals surface area contributed by atoms with E-state index in [0.29, 0.717) is 15.1 Å². The van der Waals surface area contributed by atoms with E-state index >= 15 is 0 Å². The summed E-state index contributed by atoms with van der Waals surface area (Å²) in [5, 5.41) is 0.509. The molecule has 0 aliphatic rings. The van der Waals surface area contributed by atoms with Crippen molar-refractivity contribution in [3.05, 3.63) is 68.4 Å². The van der Waals surface area contributed by atoms with E-state index in [1.165, 1.54) is 11.6 Å². The highest BCUT2D eigenvalue weighted by Crippen LogP contribution is 2.37. The van der Waals surface area contributed by atoms with E-state index in [1.807, 2.05) is 18.2 Å². The van der Waals surface area contributed by atoms with E-state index in [2.05, 4.69) is 44.8 Å². The number of hydrogen-bond donors (Lipinski definition) is 0. The van der Waals surface area contributed by atoms with Crippen LogP contribution in [0.3, 0.4) is 0 Å².